The van der Waals surface area contributed by atoms with Gasteiger partial charge in [0.1, 0.15) is 5.75 Å². The first kappa shape index (κ1) is 15.8. The Morgan fingerprint density at radius 2 is 1.65 bits per heavy atom. The van der Waals surface area contributed by atoms with Crippen molar-refractivity contribution in [1.82, 2.24) is 10.6 Å². The SMILES string of the molecule is COc1ccc(C(=O)NCCNC(=O)C2[C@H]3CCCC[C@@H]23)cc1. The summed E-state index contributed by atoms with van der Waals surface area (Å²) in [5, 5.41) is 5.77. The zero-order chi connectivity index (χ0) is 16.2. The Morgan fingerprint density at radius 1 is 1.04 bits per heavy atom. The summed E-state index contributed by atoms with van der Waals surface area (Å²) in [6.45, 7) is 0.926. The largest absolute Gasteiger partial charge is 0.497 e. The Bertz CT molecular complexity index is 558. The Hall–Kier alpha value is -2.04. The maximum atomic E-state index is 12.1. The van der Waals surface area contributed by atoms with Crippen LogP contribution >= 0.6 is 0 Å². The van der Waals surface area contributed by atoms with Crippen LogP contribution in [0, 0.1) is 17.8 Å². The van der Waals surface area contributed by atoms with Crippen molar-refractivity contribution >= 4 is 11.8 Å². The molecule has 0 heterocycles. The van der Waals surface area contributed by atoms with Crippen molar-refractivity contribution in [2.24, 2.45) is 17.8 Å². The smallest absolute Gasteiger partial charge is 0.251 e. The molecule has 2 aliphatic rings. The van der Waals surface area contributed by atoms with E-state index in [0.29, 0.717) is 30.5 Å². The third-order valence-electron chi connectivity index (χ3n) is 5.02. The normalized spacial score (nSPS) is 25.2. The molecular formula is C18H24N2O3. The minimum Gasteiger partial charge on any atom is -0.497 e. The Labute approximate surface area is 136 Å². The fraction of sp³-hybridized carbons (Fsp3) is 0.556. The van der Waals surface area contributed by atoms with Crippen LogP contribution in [0.5, 0.6) is 5.75 Å². The number of hydrogen-bond donors (Lipinski definition) is 2. The first-order valence-electron chi connectivity index (χ1n) is 8.40. The number of benzene rings is 1. The predicted molar refractivity (Wildman–Crippen MR) is 87.3 cm³/mol. The second-order valence-corrected chi connectivity index (χ2v) is 6.41. The van der Waals surface area contributed by atoms with Crippen LogP contribution in [-0.2, 0) is 4.79 Å². The number of carbonyl (C=O) groups excluding carboxylic acids is 2. The fourth-order valence-electron chi connectivity index (χ4n) is 3.71. The molecule has 2 N–H and O–H groups in total. The molecule has 5 nitrogen and oxygen atoms in total. The van der Waals surface area contributed by atoms with Crippen LogP contribution in [0.4, 0.5) is 0 Å². The lowest BCUT2D eigenvalue weighted by atomic mass is 10.0. The van der Waals surface area contributed by atoms with Crippen LogP contribution in [0.25, 0.3) is 0 Å². The molecule has 0 bridgehead atoms. The zero-order valence-electron chi connectivity index (χ0n) is 13.5. The number of amides is 2. The van der Waals surface area contributed by atoms with Crippen molar-refractivity contribution < 1.29 is 14.3 Å². The monoisotopic (exact) mass is 316 g/mol. The highest BCUT2D eigenvalue weighted by molar-refractivity contribution is 5.94. The highest BCUT2D eigenvalue weighted by atomic mass is 16.5. The van der Waals surface area contributed by atoms with E-state index in [2.05, 4.69) is 10.6 Å². The minimum atomic E-state index is -0.137. The van der Waals surface area contributed by atoms with E-state index >= 15 is 0 Å². The lowest BCUT2D eigenvalue weighted by molar-refractivity contribution is -0.122. The lowest BCUT2D eigenvalue weighted by Gasteiger charge is -2.07. The second-order valence-electron chi connectivity index (χ2n) is 6.41. The van der Waals surface area contributed by atoms with Crippen LogP contribution < -0.4 is 15.4 Å². The van der Waals surface area contributed by atoms with Gasteiger partial charge in [-0.15, -0.1) is 0 Å². The van der Waals surface area contributed by atoms with E-state index in [1.54, 1.807) is 31.4 Å². The van der Waals surface area contributed by atoms with Gasteiger partial charge in [-0.3, -0.25) is 9.59 Å². The van der Waals surface area contributed by atoms with Gasteiger partial charge in [0.25, 0.3) is 5.91 Å². The maximum absolute atomic E-state index is 12.1. The van der Waals surface area contributed by atoms with Gasteiger partial charge in [-0.1, -0.05) is 12.8 Å². The number of fused-ring (bicyclic) bond motifs is 1. The van der Waals surface area contributed by atoms with Crippen molar-refractivity contribution in [1.29, 1.82) is 0 Å². The van der Waals surface area contributed by atoms with Crippen LogP contribution in [-0.4, -0.2) is 32.0 Å². The standard InChI is InChI=1S/C18H24N2O3/c1-23-13-8-6-12(7-9-13)17(21)19-10-11-20-18(22)16-14-4-2-3-5-15(14)16/h6-9,14-16H,2-5,10-11H2,1H3,(H,19,21)(H,20,22)/t14-,15+,16?. The Balaban J connectivity index is 1.36. The molecule has 1 aromatic carbocycles. The first-order chi connectivity index (χ1) is 11.2. The highest BCUT2D eigenvalue weighted by Crippen LogP contribution is 2.55. The third kappa shape index (κ3) is 3.66. The van der Waals surface area contributed by atoms with Gasteiger partial charge in [0.2, 0.25) is 5.91 Å². The van der Waals surface area contributed by atoms with Crippen molar-refractivity contribution in [2.75, 3.05) is 20.2 Å². The summed E-state index contributed by atoms with van der Waals surface area (Å²) in [7, 11) is 1.59. The Morgan fingerprint density at radius 3 is 2.26 bits per heavy atom. The molecule has 2 aliphatic carbocycles. The Kier molecular flexibility index (Phi) is 4.84. The first-order valence-corrected chi connectivity index (χ1v) is 8.40. The van der Waals surface area contributed by atoms with Gasteiger partial charge >= 0.3 is 0 Å². The van der Waals surface area contributed by atoms with Gasteiger partial charge < -0.3 is 15.4 Å². The van der Waals surface area contributed by atoms with E-state index < -0.39 is 0 Å². The van der Waals surface area contributed by atoms with E-state index in [1.165, 1.54) is 25.7 Å². The average Bonchev–Trinajstić information content (AvgIpc) is 3.33. The number of nitrogens with one attached hydrogen (secondary N) is 2. The molecule has 23 heavy (non-hydrogen) atoms. The summed E-state index contributed by atoms with van der Waals surface area (Å²) in [4.78, 5) is 24.1. The topological polar surface area (TPSA) is 67.4 Å². The van der Waals surface area contributed by atoms with Gasteiger partial charge in [-0.25, -0.2) is 0 Å². The molecule has 0 spiro atoms. The second kappa shape index (κ2) is 7.02. The number of ether oxygens (including phenoxy) is 1. The van der Waals surface area contributed by atoms with Gasteiger partial charge in [0.15, 0.2) is 0 Å². The van der Waals surface area contributed by atoms with Crippen LogP contribution in [0.15, 0.2) is 24.3 Å². The molecule has 5 heteroatoms. The van der Waals surface area contributed by atoms with E-state index in [9.17, 15) is 9.59 Å². The van der Waals surface area contributed by atoms with Gasteiger partial charge in [0, 0.05) is 24.6 Å². The van der Waals surface area contributed by atoms with Gasteiger partial charge in [0.05, 0.1) is 7.11 Å². The van der Waals surface area contributed by atoms with E-state index in [4.69, 9.17) is 4.74 Å². The van der Waals surface area contributed by atoms with Crippen molar-refractivity contribution in [3.8, 4) is 5.75 Å². The van der Waals surface area contributed by atoms with E-state index in [1.807, 2.05) is 0 Å². The molecule has 0 radical (unpaired) electrons. The molecule has 124 valence electrons. The van der Waals surface area contributed by atoms with Crippen molar-refractivity contribution in [3.63, 3.8) is 0 Å². The predicted octanol–water partition coefficient (Wildman–Crippen LogP) is 1.98. The van der Waals surface area contributed by atoms with Crippen molar-refractivity contribution in [2.45, 2.75) is 25.7 Å². The summed E-state index contributed by atoms with van der Waals surface area (Å²) in [6.07, 6.45) is 4.94. The molecule has 2 amide bonds. The highest BCUT2D eigenvalue weighted by Gasteiger charge is 2.54. The van der Waals surface area contributed by atoms with Gasteiger partial charge in [-0.05, 0) is 48.9 Å². The van der Waals surface area contributed by atoms with Crippen molar-refractivity contribution in [3.05, 3.63) is 29.8 Å². The maximum Gasteiger partial charge on any atom is 0.251 e. The lowest BCUT2D eigenvalue weighted by Crippen LogP contribution is -2.35. The summed E-state index contributed by atoms with van der Waals surface area (Å²) < 4.78 is 5.06. The summed E-state index contributed by atoms with van der Waals surface area (Å²) in [5.41, 5.74) is 0.588. The average molecular weight is 316 g/mol. The van der Waals surface area contributed by atoms with E-state index in [0.717, 1.165) is 5.75 Å². The summed E-state index contributed by atoms with van der Waals surface area (Å²) in [6, 6.07) is 6.96. The molecule has 0 aromatic heterocycles. The molecule has 2 saturated carbocycles. The summed E-state index contributed by atoms with van der Waals surface area (Å²) in [5.74, 6) is 2.23. The van der Waals surface area contributed by atoms with Crippen LogP contribution in [0.2, 0.25) is 0 Å². The third-order valence-corrected chi connectivity index (χ3v) is 5.02. The summed E-state index contributed by atoms with van der Waals surface area (Å²) >= 11 is 0. The van der Waals surface area contributed by atoms with Gasteiger partial charge in [-0.2, -0.15) is 0 Å². The fourth-order valence-corrected chi connectivity index (χ4v) is 3.71. The van der Waals surface area contributed by atoms with E-state index in [-0.39, 0.29) is 17.7 Å². The quantitative estimate of drug-likeness (QED) is 0.789. The molecule has 1 unspecified atom stereocenters. The molecular weight excluding hydrogens is 292 g/mol. The molecule has 3 rings (SSSR count). The molecule has 0 saturated heterocycles. The number of carbonyl (C=O) groups is 2. The molecule has 3 atom stereocenters. The molecule has 0 aliphatic heterocycles. The molecule has 1 aromatic rings. The molecule has 2 fully saturated rings. The zero-order valence-corrected chi connectivity index (χ0v) is 13.5. The van der Waals surface area contributed by atoms with Crippen LogP contribution in [0.1, 0.15) is 36.0 Å². The number of hydrogen-bond acceptors (Lipinski definition) is 3. The minimum absolute atomic E-state index is 0.137. The number of methoxy groups -OCH3 is 1. The number of rotatable bonds is 6. The van der Waals surface area contributed by atoms with Crippen LogP contribution in [0.3, 0.4) is 0 Å².